The molecule has 0 amide bonds. The highest BCUT2D eigenvalue weighted by Gasteiger charge is 2.25. The normalized spacial score (nSPS) is 20.1. The number of hydrogen-bond donors (Lipinski definition) is 2. The molecule has 0 radical (unpaired) electrons. The van der Waals surface area contributed by atoms with Gasteiger partial charge in [0.15, 0.2) is 0 Å². The van der Waals surface area contributed by atoms with Gasteiger partial charge in [-0.25, -0.2) is 9.97 Å². The first-order valence-corrected chi connectivity index (χ1v) is 10.1. The maximum absolute atomic E-state index is 6.22. The van der Waals surface area contributed by atoms with E-state index in [1.807, 2.05) is 24.3 Å². The third kappa shape index (κ3) is 2.99. The van der Waals surface area contributed by atoms with Gasteiger partial charge >= 0.3 is 0 Å². The highest BCUT2D eigenvalue weighted by Crippen LogP contribution is 2.34. The van der Waals surface area contributed by atoms with Crippen molar-refractivity contribution in [2.75, 3.05) is 11.5 Å². The Hall–Kier alpha value is -3.02. The van der Waals surface area contributed by atoms with E-state index in [4.69, 9.17) is 11.5 Å². The van der Waals surface area contributed by atoms with Gasteiger partial charge < -0.3 is 20.6 Å². The minimum absolute atomic E-state index is 0.606. The van der Waals surface area contributed by atoms with Gasteiger partial charge in [-0.2, -0.15) is 0 Å². The van der Waals surface area contributed by atoms with Gasteiger partial charge in [0.2, 0.25) is 11.9 Å². The molecule has 2 atom stereocenters. The molecule has 0 spiro atoms. The minimum Gasteiger partial charge on any atom is -0.369 e. The number of nitrogens with two attached hydrogens (primary N) is 2. The second-order valence-corrected chi connectivity index (χ2v) is 8.04. The van der Waals surface area contributed by atoms with Gasteiger partial charge in [0.25, 0.3) is 0 Å². The zero-order valence-electron chi connectivity index (χ0n) is 16.0. The van der Waals surface area contributed by atoms with Gasteiger partial charge in [-0.15, -0.1) is 0 Å². The van der Waals surface area contributed by atoms with Crippen molar-refractivity contribution in [2.24, 2.45) is 11.8 Å². The number of rotatable bonds is 4. The Morgan fingerprint density at radius 1 is 0.750 bits per heavy atom. The Bertz CT molecular complexity index is 1040. The van der Waals surface area contributed by atoms with Crippen LogP contribution in [0.25, 0.3) is 22.1 Å². The van der Waals surface area contributed by atoms with Crippen LogP contribution in [0.1, 0.15) is 25.7 Å². The van der Waals surface area contributed by atoms with Gasteiger partial charge in [-0.3, -0.25) is 0 Å². The third-order valence-electron chi connectivity index (χ3n) is 6.14. The lowest BCUT2D eigenvalue weighted by atomic mass is 9.81. The number of fused-ring (bicyclic) bond motifs is 2. The number of aromatic nitrogens is 4. The van der Waals surface area contributed by atoms with Crippen LogP contribution in [0.15, 0.2) is 48.5 Å². The van der Waals surface area contributed by atoms with Crippen molar-refractivity contribution in [1.29, 1.82) is 0 Å². The van der Waals surface area contributed by atoms with Crippen LogP contribution >= 0.6 is 0 Å². The molecule has 6 heteroatoms. The van der Waals surface area contributed by atoms with Crippen molar-refractivity contribution in [3.63, 3.8) is 0 Å². The van der Waals surface area contributed by atoms with E-state index in [-0.39, 0.29) is 0 Å². The summed E-state index contributed by atoms with van der Waals surface area (Å²) in [4.78, 5) is 9.03. The standard InChI is InChI=1S/C22H26N6/c23-21-25-17-8-1-3-10-19(17)27(21)13-15-6-5-7-16(12-15)14-28-20-11-4-2-9-18(20)26-22(28)24/h1-4,8-11,15-16H,5-7,12-14H2,(H2,23,25)(H2,24,26)/t15-,16-/m0/s1. The van der Waals surface area contributed by atoms with E-state index in [0.29, 0.717) is 23.7 Å². The summed E-state index contributed by atoms with van der Waals surface area (Å²) < 4.78 is 4.37. The molecule has 2 heterocycles. The van der Waals surface area contributed by atoms with E-state index in [9.17, 15) is 0 Å². The molecule has 1 fully saturated rings. The van der Waals surface area contributed by atoms with Crippen molar-refractivity contribution in [3.8, 4) is 0 Å². The summed E-state index contributed by atoms with van der Waals surface area (Å²) in [6.45, 7) is 1.87. The number of nitrogen functional groups attached to an aromatic ring is 2. The molecular weight excluding hydrogens is 348 g/mol. The Labute approximate surface area is 164 Å². The molecule has 5 rings (SSSR count). The van der Waals surface area contributed by atoms with E-state index < -0.39 is 0 Å². The van der Waals surface area contributed by atoms with Crippen molar-refractivity contribution in [1.82, 2.24) is 19.1 Å². The second-order valence-electron chi connectivity index (χ2n) is 8.04. The smallest absolute Gasteiger partial charge is 0.201 e. The summed E-state index contributed by atoms with van der Waals surface area (Å²) in [7, 11) is 0. The van der Waals surface area contributed by atoms with Crippen molar-refractivity contribution in [3.05, 3.63) is 48.5 Å². The Morgan fingerprint density at radius 2 is 1.21 bits per heavy atom. The summed E-state index contributed by atoms with van der Waals surface area (Å²) in [6, 6.07) is 16.4. The monoisotopic (exact) mass is 374 g/mol. The molecule has 2 aromatic heterocycles. The zero-order chi connectivity index (χ0) is 19.1. The van der Waals surface area contributed by atoms with Crippen molar-refractivity contribution < 1.29 is 0 Å². The van der Waals surface area contributed by atoms with E-state index in [2.05, 4.69) is 43.4 Å². The van der Waals surface area contributed by atoms with E-state index in [1.54, 1.807) is 0 Å². The molecule has 1 aliphatic rings. The summed E-state index contributed by atoms with van der Waals surface area (Å²) in [5.74, 6) is 2.45. The molecule has 1 aliphatic carbocycles. The molecule has 4 N–H and O–H groups in total. The zero-order valence-corrected chi connectivity index (χ0v) is 16.0. The van der Waals surface area contributed by atoms with Crippen LogP contribution in [-0.4, -0.2) is 19.1 Å². The molecule has 28 heavy (non-hydrogen) atoms. The van der Waals surface area contributed by atoms with Gasteiger partial charge in [-0.1, -0.05) is 30.7 Å². The second kappa shape index (κ2) is 6.86. The predicted molar refractivity (Wildman–Crippen MR) is 114 cm³/mol. The minimum atomic E-state index is 0.606. The molecule has 0 saturated heterocycles. The number of benzene rings is 2. The third-order valence-corrected chi connectivity index (χ3v) is 6.14. The quantitative estimate of drug-likeness (QED) is 0.564. The fraction of sp³-hybridized carbons (Fsp3) is 0.364. The van der Waals surface area contributed by atoms with Gasteiger partial charge in [-0.05, 0) is 55.4 Å². The van der Waals surface area contributed by atoms with E-state index in [0.717, 1.165) is 35.2 Å². The lowest BCUT2D eigenvalue weighted by Crippen LogP contribution is -2.24. The molecule has 0 aliphatic heterocycles. The number of nitrogens with zero attached hydrogens (tertiary/aromatic N) is 4. The van der Waals surface area contributed by atoms with Crippen LogP contribution in [0.2, 0.25) is 0 Å². The Balaban J connectivity index is 1.35. The molecule has 2 aromatic carbocycles. The molecule has 0 unspecified atom stereocenters. The number of para-hydroxylation sites is 4. The highest BCUT2D eigenvalue weighted by atomic mass is 15.2. The summed E-state index contributed by atoms with van der Waals surface area (Å²) >= 11 is 0. The van der Waals surface area contributed by atoms with Crippen molar-refractivity contribution in [2.45, 2.75) is 38.8 Å². The fourth-order valence-electron chi connectivity index (χ4n) is 4.82. The first kappa shape index (κ1) is 17.1. The summed E-state index contributed by atoms with van der Waals surface area (Å²) in [6.07, 6.45) is 4.90. The average Bonchev–Trinajstić information content (AvgIpc) is 3.19. The van der Waals surface area contributed by atoms with Crippen LogP contribution in [0.5, 0.6) is 0 Å². The number of imidazole rings is 2. The van der Waals surface area contributed by atoms with Crippen molar-refractivity contribution >= 4 is 34.0 Å². The van der Waals surface area contributed by atoms with Crippen LogP contribution < -0.4 is 11.5 Å². The van der Waals surface area contributed by atoms with Crippen LogP contribution in [-0.2, 0) is 13.1 Å². The first-order valence-electron chi connectivity index (χ1n) is 10.1. The maximum atomic E-state index is 6.22. The van der Waals surface area contributed by atoms with Gasteiger partial charge in [0.1, 0.15) is 0 Å². The Morgan fingerprint density at radius 3 is 1.71 bits per heavy atom. The molecule has 6 nitrogen and oxygen atoms in total. The Kier molecular flexibility index (Phi) is 4.19. The van der Waals surface area contributed by atoms with Crippen LogP contribution in [0.3, 0.4) is 0 Å². The van der Waals surface area contributed by atoms with Gasteiger partial charge in [0, 0.05) is 13.1 Å². The first-order chi connectivity index (χ1) is 13.7. The average molecular weight is 374 g/mol. The molecule has 1 saturated carbocycles. The van der Waals surface area contributed by atoms with Gasteiger partial charge in [0.05, 0.1) is 22.1 Å². The SMILES string of the molecule is Nc1nc2ccccc2n1C[C@H]1CCC[C@H](Cn2c(N)nc3ccccc32)C1. The fourth-order valence-corrected chi connectivity index (χ4v) is 4.82. The number of hydrogen-bond acceptors (Lipinski definition) is 4. The molecule has 144 valence electrons. The number of anilines is 2. The lowest BCUT2D eigenvalue weighted by Gasteiger charge is -2.30. The predicted octanol–water partition coefficient (Wildman–Crippen LogP) is 4.06. The topological polar surface area (TPSA) is 87.7 Å². The largest absolute Gasteiger partial charge is 0.369 e. The van der Waals surface area contributed by atoms with Crippen LogP contribution in [0.4, 0.5) is 11.9 Å². The maximum Gasteiger partial charge on any atom is 0.201 e. The highest BCUT2D eigenvalue weighted by molar-refractivity contribution is 5.78. The molecule has 0 bridgehead atoms. The molecular formula is C22H26N6. The molecule has 4 aromatic rings. The van der Waals surface area contributed by atoms with E-state index >= 15 is 0 Å². The summed E-state index contributed by atoms with van der Waals surface area (Å²) in [5.41, 5.74) is 16.7. The van der Waals surface area contributed by atoms with Crippen LogP contribution in [0, 0.1) is 11.8 Å². The van der Waals surface area contributed by atoms with E-state index in [1.165, 1.54) is 25.7 Å². The lowest BCUT2D eigenvalue weighted by molar-refractivity contribution is 0.228. The summed E-state index contributed by atoms with van der Waals surface area (Å²) in [5, 5.41) is 0.